The van der Waals surface area contributed by atoms with Gasteiger partial charge in [-0.05, 0) is 19.1 Å². The molecule has 0 bridgehead atoms. The average Bonchev–Trinajstić information content (AvgIpc) is 3.46. The minimum atomic E-state index is -0.412. The van der Waals surface area contributed by atoms with E-state index in [9.17, 15) is 9.18 Å². The number of hydrogen-bond donors (Lipinski definition) is 2. The third-order valence-electron chi connectivity index (χ3n) is 4.53. The second kappa shape index (κ2) is 6.51. The van der Waals surface area contributed by atoms with E-state index in [1.807, 2.05) is 0 Å². The van der Waals surface area contributed by atoms with Gasteiger partial charge < -0.3 is 19.1 Å². The van der Waals surface area contributed by atoms with Gasteiger partial charge in [0.2, 0.25) is 5.89 Å². The van der Waals surface area contributed by atoms with E-state index in [4.69, 9.17) is 4.42 Å². The van der Waals surface area contributed by atoms with Crippen LogP contribution in [0.15, 0.2) is 53.9 Å². The van der Waals surface area contributed by atoms with Gasteiger partial charge in [0, 0.05) is 12.4 Å². The molecule has 0 aliphatic carbocycles. The van der Waals surface area contributed by atoms with Gasteiger partial charge in [0.05, 0.1) is 23.5 Å². The number of rotatable bonds is 4. The molecule has 10 heteroatoms. The molecular weight excluding hydrogens is 377 g/mol. The van der Waals surface area contributed by atoms with Crippen molar-refractivity contribution in [1.82, 2.24) is 34.6 Å². The molecule has 0 aromatic carbocycles. The van der Waals surface area contributed by atoms with Crippen molar-refractivity contribution in [2.24, 2.45) is 0 Å². The SMILES string of the molecule is C[C@@H](NC(=O)c1c[nH]c2ncc(-c3ncn4cc(F)ccc34)nc12)c1ncco1. The zero-order valence-electron chi connectivity index (χ0n) is 15.1. The van der Waals surface area contributed by atoms with Crippen molar-refractivity contribution in [3.63, 3.8) is 0 Å². The number of aromatic amines is 1. The first-order valence-electron chi connectivity index (χ1n) is 8.77. The molecule has 5 rings (SSSR count). The molecule has 2 N–H and O–H groups in total. The highest BCUT2D eigenvalue weighted by Gasteiger charge is 2.20. The summed E-state index contributed by atoms with van der Waals surface area (Å²) in [5, 5.41) is 2.82. The first kappa shape index (κ1) is 17.0. The van der Waals surface area contributed by atoms with Crippen LogP contribution in [0.4, 0.5) is 4.39 Å². The molecule has 0 aliphatic rings. The fourth-order valence-electron chi connectivity index (χ4n) is 3.13. The summed E-state index contributed by atoms with van der Waals surface area (Å²) in [5.74, 6) is -0.306. The second-order valence-corrected chi connectivity index (χ2v) is 6.45. The number of oxazole rings is 1. The topological polar surface area (TPSA) is 114 Å². The molecule has 0 radical (unpaired) electrons. The van der Waals surface area contributed by atoms with Gasteiger partial charge in [-0.2, -0.15) is 0 Å². The van der Waals surface area contributed by atoms with Crippen molar-refractivity contribution in [3.8, 4) is 11.4 Å². The quantitative estimate of drug-likeness (QED) is 0.487. The Morgan fingerprint density at radius 2 is 2.21 bits per heavy atom. The van der Waals surface area contributed by atoms with Crippen molar-refractivity contribution >= 4 is 22.6 Å². The Kier molecular flexibility index (Phi) is 3.83. The van der Waals surface area contributed by atoms with Gasteiger partial charge in [0.25, 0.3) is 5.91 Å². The van der Waals surface area contributed by atoms with Crippen LogP contribution in [0.3, 0.4) is 0 Å². The summed E-state index contributed by atoms with van der Waals surface area (Å²) in [6.45, 7) is 1.77. The van der Waals surface area contributed by atoms with E-state index < -0.39 is 6.04 Å². The van der Waals surface area contributed by atoms with Crippen LogP contribution in [0.1, 0.15) is 29.2 Å². The van der Waals surface area contributed by atoms with Crippen molar-refractivity contribution in [2.45, 2.75) is 13.0 Å². The number of carbonyl (C=O) groups excluding carboxylic acids is 1. The maximum absolute atomic E-state index is 13.4. The van der Waals surface area contributed by atoms with E-state index in [-0.39, 0.29) is 11.7 Å². The van der Waals surface area contributed by atoms with Crippen molar-refractivity contribution < 1.29 is 13.6 Å². The third kappa shape index (κ3) is 2.90. The normalized spacial score (nSPS) is 12.5. The number of nitrogens with one attached hydrogen (secondary N) is 2. The molecule has 0 saturated heterocycles. The van der Waals surface area contributed by atoms with E-state index >= 15 is 0 Å². The largest absolute Gasteiger partial charge is 0.447 e. The summed E-state index contributed by atoms with van der Waals surface area (Å²) in [4.78, 5) is 33.0. The van der Waals surface area contributed by atoms with Crippen molar-refractivity contribution in [1.29, 1.82) is 0 Å². The lowest BCUT2D eigenvalue weighted by Gasteiger charge is -2.09. The maximum atomic E-state index is 13.4. The first-order chi connectivity index (χ1) is 14.1. The fraction of sp³-hybridized carbons (Fsp3) is 0.105. The highest BCUT2D eigenvalue weighted by molar-refractivity contribution is 6.04. The molecule has 1 amide bonds. The molecule has 0 fully saturated rings. The van der Waals surface area contributed by atoms with Gasteiger partial charge in [0.15, 0.2) is 5.65 Å². The Morgan fingerprint density at radius 3 is 3.03 bits per heavy atom. The molecular formula is C19H14FN7O2. The Morgan fingerprint density at radius 1 is 1.31 bits per heavy atom. The molecule has 5 aromatic rings. The number of amides is 1. The van der Waals surface area contributed by atoms with E-state index in [1.165, 1.54) is 31.1 Å². The molecule has 29 heavy (non-hydrogen) atoms. The van der Waals surface area contributed by atoms with Crippen molar-refractivity contribution in [3.05, 3.63) is 66.8 Å². The summed E-state index contributed by atoms with van der Waals surface area (Å²) in [6.07, 6.45) is 8.90. The highest BCUT2D eigenvalue weighted by atomic mass is 19.1. The van der Waals surface area contributed by atoms with E-state index in [0.717, 1.165) is 0 Å². The van der Waals surface area contributed by atoms with Gasteiger partial charge in [0.1, 0.15) is 41.4 Å². The number of fused-ring (bicyclic) bond motifs is 2. The Hall–Kier alpha value is -4.08. The fourth-order valence-corrected chi connectivity index (χ4v) is 3.13. The summed E-state index contributed by atoms with van der Waals surface area (Å²) < 4.78 is 20.2. The Bertz CT molecular complexity index is 1340. The van der Waals surface area contributed by atoms with E-state index in [1.54, 1.807) is 29.8 Å². The number of carbonyl (C=O) groups is 1. The van der Waals surface area contributed by atoms with Crippen molar-refractivity contribution in [2.75, 3.05) is 0 Å². The minimum Gasteiger partial charge on any atom is -0.447 e. The predicted molar refractivity (Wildman–Crippen MR) is 100 cm³/mol. The summed E-state index contributed by atoms with van der Waals surface area (Å²) in [5.41, 5.74) is 2.91. The molecule has 0 unspecified atom stereocenters. The number of imidazole rings is 1. The van der Waals surface area contributed by atoms with Gasteiger partial charge in [-0.3, -0.25) is 4.79 Å². The zero-order valence-corrected chi connectivity index (χ0v) is 15.1. The molecule has 0 aliphatic heterocycles. The number of aromatic nitrogens is 6. The van der Waals surface area contributed by atoms with E-state index in [2.05, 4.69) is 30.2 Å². The summed E-state index contributed by atoms with van der Waals surface area (Å²) >= 11 is 0. The number of nitrogens with zero attached hydrogens (tertiary/aromatic N) is 5. The minimum absolute atomic E-state index is 0.335. The van der Waals surface area contributed by atoms with Gasteiger partial charge >= 0.3 is 0 Å². The molecule has 5 heterocycles. The van der Waals surface area contributed by atoms with Crippen LogP contribution in [0.5, 0.6) is 0 Å². The lowest BCUT2D eigenvalue weighted by atomic mass is 10.2. The number of halogens is 1. The number of H-pyrrole nitrogens is 1. The molecule has 0 spiro atoms. The molecule has 0 saturated carbocycles. The van der Waals surface area contributed by atoms with Gasteiger partial charge in [-0.1, -0.05) is 0 Å². The number of pyridine rings is 1. The van der Waals surface area contributed by atoms with Crippen LogP contribution in [-0.2, 0) is 0 Å². The first-order valence-corrected chi connectivity index (χ1v) is 8.77. The lowest BCUT2D eigenvalue weighted by Crippen LogP contribution is -2.26. The maximum Gasteiger partial charge on any atom is 0.255 e. The molecule has 9 nitrogen and oxygen atoms in total. The highest BCUT2D eigenvalue weighted by Crippen LogP contribution is 2.24. The summed E-state index contributed by atoms with van der Waals surface area (Å²) in [7, 11) is 0. The second-order valence-electron chi connectivity index (χ2n) is 6.45. The van der Waals surface area contributed by atoms with Crippen LogP contribution in [0.25, 0.3) is 28.1 Å². The average molecular weight is 391 g/mol. The third-order valence-corrected chi connectivity index (χ3v) is 4.53. The van der Waals surface area contributed by atoms with Crippen LogP contribution in [-0.4, -0.2) is 35.2 Å². The standard InChI is InChI=1S/C19H14FN7O2/c1-10(19-21-4-5-29-19)25-18(28)12-6-22-17-15(12)26-13(7-23-17)16-14-3-2-11(20)8-27(14)9-24-16/h2-10H,1H3,(H,22,23)(H,25,28)/t10-/m1/s1. The van der Waals surface area contributed by atoms with Gasteiger partial charge in [-0.25, -0.2) is 24.3 Å². The molecule has 1 atom stereocenters. The van der Waals surface area contributed by atoms with Crippen LogP contribution in [0, 0.1) is 5.82 Å². The number of hydrogen-bond acceptors (Lipinski definition) is 6. The van der Waals surface area contributed by atoms with E-state index in [0.29, 0.717) is 39.5 Å². The molecule has 5 aromatic heterocycles. The van der Waals surface area contributed by atoms with Crippen LogP contribution in [0.2, 0.25) is 0 Å². The van der Waals surface area contributed by atoms with Gasteiger partial charge in [-0.15, -0.1) is 0 Å². The van der Waals surface area contributed by atoms with Crippen LogP contribution >= 0.6 is 0 Å². The smallest absolute Gasteiger partial charge is 0.255 e. The monoisotopic (exact) mass is 391 g/mol. The predicted octanol–water partition coefficient (Wildman–Crippen LogP) is 2.89. The zero-order chi connectivity index (χ0) is 20.0. The summed E-state index contributed by atoms with van der Waals surface area (Å²) in [6, 6.07) is 2.56. The Labute approximate surface area is 162 Å². The van der Waals surface area contributed by atoms with Crippen LogP contribution < -0.4 is 5.32 Å². The lowest BCUT2D eigenvalue weighted by molar-refractivity contribution is 0.0935. The Balaban J connectivity index is 1.52. The molecule has 144 valence electrons.